The van der Waals surface area contributed by atoms with Crippen molar-refractivity contribution in [3.05, 3.63) is 40.9 Å². The normalized spacial score (nSPS) is 10.2. The van der Waals surface area contributed by atoms with Gasteiger partial charge in [0.2, 0.25) is 0 Å². The number of hydrogen-bond donors (Lipinski definition) is 1. The Labute approximate surface area is 158 Å². The Bertz CT molecular complexity index is 779. The number of methoxy groups -OCH3 is 3. The fourth-order valence-corrected chi connectivity index (χ4v) is 2.52. The van der Waals surface area contributed by atoms with Crippen LogP contribution in [0.5, 0.6) is 23.0 Å². The molecule has 0 fully saturated rings. The van der Waals surface area contributed by atoms with Gasteiger partial charge in [0, 0.05) is 17.7 Å². The van der Waals surface area contributed by atoms with Crippen LogP contribution in [0.15, 0.2) is 30.3 Å². The molecule has 2 aromatic carbocycles. The number of amides is 1. The molecular formula is C19H22ClNO5. The minimum Gasteiger partial charge on any atom is -0.495 e. The monoisotopic (exact) mass is 379 g/mol. The van der Waals surface area contributed by atoms with Crippen molar-refractivity contribution in [2.45, 2.75) is 13.3 Å². The summed E-state index contributed by atoms with van der Waals surface area (Å²) in [5.41, 5.74) is 0.866. The summed E-state index contributed by atoms with van der Waals surface area (Å²) in [6.45, 7) is 2.59. The zero-order valence-electron chi connectivity index (χ0n) is 15.2. The summed E-state index contributed by atoms with van der Waals surface area (Å²) in [6, 6.07) is 8.19. The van der Waals surface area contributed by atoms with Gasteiger partial charge in [0.05, 0.1) is 38.6 Å². The SMILES string of the molecule is CCCOc1ccc(C(=O)Nc2cc(OC)c(Cl)cc2OC)cc1OC. The van der Waals surface area contributed by atoms with E-state index in [1.807, 2.05) is 6.92 Å². The van der Waals surface area contributed by atoms with Crippen molar-refractivity contribution >= 4 is 23.2 Å². The van der Waals surface area contributed by atoms with Gasteiger partial charge < -0.3 is 24.3 Å². The highest BCUT2D eigenvalue weighted by molar-refractivity contribution is 6.32. The summed E-state index contributed by atoms with van der Waals surface area (Å²) >= 11 is 6.08. The third-order valence-corrected chi connectivity index (χ3v) is 3.90. The van der Waals surface area contributed by atoms with Crippen molar-refractivity contribution in [1.29, 1.82) is 0 Å². The topological polar surface area (TPSA) is 66.0 Å². The number of ether oxygens (including phenoxy) is 4. The predicted molar refractivity (Wildman–Crippen MR) is 101 cm³/mol. The number of carbonyl (C=O) groups excluding carboxylic acids is 1. The quantitative estimate of drug-likeness (QED) is 0.736. The van der Waals surface area contributed by atoms with Crippen LogP contribution in [0.4, 0.5) is 5.69 Å². The second kappa shape index (κ2) is 9.20. The van der Waals surface area contributed by atoms with E-state index in [0.717, 1.165) is 6.42 Å². The minimum absolute atomic E-state index is 0.326. The molecule has 2 rings (SSSR count). The molecule has 0 saturated heterocycles. The van der Waals surface area contributed by atoms with Gasteiger partial charge in [-0.05, 0) is 24.6 Å². The first kappa shape index (κ1) is 19.7. The molecule has 0 bridgehead atoms. The van der Waals surface area contributed by atoms with E-state index < -0.39 is 0 Å². The second-order valence-corrected chi connectivity index (χ2v) is 5.76. The van der Waals surface area contributed by atoms with Crippen LogP contribution in [0.2, 0.25) is 5.02 Å². The Kier molecular flexibility index (Phi) is 6.97. The number of benzene rings is 2. The molecule has 2 aromatic rings. The maximum atomic E-state index is 12.6. The molecule has 6 nitrogen and oxygen atoms in total. The fraction of sp³-hybridized carbons (Fsp3) is 0.316. The van der Waals surface area contributed by atoms with Crippen LogP contribution in [0.25, 0.3) is 0 Å². The van der Waals surface area contributed by atoms with Gasteiger partial charge in [-0.2, -0.15) is 0 Å². The highest BCUT2D eigenvalue weighted by Crippen LogP contribution is 2.36. The van der Waals surface area contributed by atoms with Crippen molar-refractivity contribution in [2.75, 3.05) is 33.3 Å². The van der Waals surface area contributed by atoms with Crippen molar-refractivity contribution in [2.24, 2.45) is 0 Å². The van der Waals surface area contributed by atoms with Crippen LogP contribution in [-0.2, 0) is 0 Å². The second-order valence-electron chi connectivity index (χ2n) is 5.36. The van der Waals surface area contributed by atoms with Gasteiger partial charge in [-0.25, -0.2) is 0 Å². The van der Waals surface area contributed by atoms with Gasteiger partial charge in [-0.1, -0.05) is 18.5 Å². The predicted octanol–water partition coefficient (Wildman–Crippen LogP) is 4.41. The lowest BCUT2D eigenvalue weighted by Gasteiger charge is -2.14. The molecule has 0 spiro atoms. The van der Waals surface area contributed by atoms with Crippen LogP contribution < -0.4 is 24.3 Å². The van der Waals surface area contributed by atoms with Gasteiger partial charge in [-0.15, -0.1) is 0 Å². The van der Waals surface area contributed by atoms with Crippen LogP contribution >= 0.6 is 11.6 Å². The standard InChI is InChI=1S/C19H22ClNO5/c1-5-8-26-15-7-6-12(9-18(15)25-4)19(22)21-14-11-16(23-2)13(20)10-17(14)24-3/h6-7,9-11H,5,8H2,1-4H3,(H,21,22). The average Bonchev–Trinajstić information content (AvgIpc) is 2.66. The van der Waals surface area contributed by atoms with E-state index >= 15 is 0 Å². The smallest absolute Gasteiger partial charge is 0.255 e. The Balaban J connectivity index is 2.27. The largest absolute Gasteiger partial charge is 0.495 e. The molecule has 0 aliphatic carbocycles. The van der Waals surface area contributed by atoms with E-state index in [-0.39, 0.29) is 5.91 Å². The van der Waals surface area contributed by atoms with Crippen LogP contribution in [0.1, 0.15) is 23.7 Å². The van der Waals surface area contributed by atoms with Gasteiger partial charge in [-0.3, -0.25) is 4.79 Å². The van der Waals surface area contributed by atoms with Crippen LogP contribution in [0.3, 0.4) is 0 Å². The summed E-state index contributed by atoms with van der Waals surface area (Å²) in [4.78, 5) is 12.6. The molecule has 140 valence electrons. The van der Waals surface area contributed by atoms with E-state index in [4.69, 9.17) is 30.5 Å². The lowest BCUT2D eigenvalue weighted by atomic mass is 10.1. The van der Waals surface area contributed by atoms with Gasteiger partial charge in [0.1, 0.15) is 11.5 Å². The molecule has 0 aliphatic heterocycles. The Morgan fingerprint density at radius 3 is 2.27 bits per heavy atom. The van der Waals surface area contributed by atoms with E-state index in [9.17, 15) is 4.79 Å². The molecule has 0 aromatic heterocycles. The van der Waals surface area contributed by atoms with Crippen molar-refractivity contribution in [1.82, 2.24) is 0 Å². The van der Waals surface area contributed by atoms with E-state index in [1.165, 1.54) is 21.3 Å². The molecule has 0 heterocycles. The molecule has 0 unspecified atom stereocenters. The van der Waals surface area contributed by atoms with Gasteiger partial charge in [0.25, 0.3) is 5.91 Å². The Hall–Kier alpha value is -2.60. The minimum atomic E-state index is -0.326. The molecule has 7 heteroatoms. The van der Waals surface area contributed by atoms with E-state index in [1.54, 1.807) is 30.3 Å². The van der Waals surface area contributed by atoms with Gasteiger partial charge in [0.15, 0.2) is 11.5 Å². The molecular weight excluding hydrogens is 358 g/mol. The lowest BCUT2D eigenvalue weighted by Crippen LogP contribution is -2.13. The fourth-order valence-electron chi connectivity index (χ4n) is 2.29. The number of carbonyl (C=O) groups is 1. The summed E-state index contributed by atoms with van der Waals surface area (Å²) in [5.74, 6) is 1.62. The highest BCUT2D eigenvalue weighted by Gasteiger charge is 2.15. The first-order chi connectivity index (χ1) is 12.5. The molecule has 0 saturated carbocycles. The molecule has 26 heavy (non-hydrogen) atoms. The summed E-state index contributed by atoms with van der Waals surface area (Å²) in [5, 5.41) is 3.18. The highest BCUT2D eigenvalue weighted by atomic mass is 35.5. The van der Waals surface area contributed by atoms with E-state index in [0.29, 0.717) is 45.9 Å². The number of rotatable bonds is 8. The maximum absolute atomic E-state index is 12.6. The van der Waals surface area contributed by atoms with Crippen LogP contribution in [-0.4, -0.2) is 33.8 Å². The zero-order valence-corrected chi connectivity index (χ0v) is 16.0. The first-order valence-corrected chi connectivity index (χ1v) is 8.45. The number of nitrogens with one attached hydrogen (secondary N) is 1. The van der Waals surface area contributed by atoms with Crippen molar-refractivity contribution in [3.8, 4) is 23.0 Å². The van der Waals surface area contributed by atoms with Crippen molar-refractivity contribution in [3.63, 3.8) is 0 Å². The Morgan fingerprint density at radius 1 is 0.962 bits per heavy atom. The maximum Gasteiger partial charge on any atom is 0.255 e. The molecule has 1 N–H and O–H groups in total. The third-order valence-electron chi connectivity index (χ3n) is 3.61. The zero-order chi connectivity index (χ0) is 19.1. The van der Waals surface area contributed by atoms with Crippen LogP contribution in [0, 0.1) is 0 Å². The Morgan fingerprint density at radius 2 is 1.65 bits per heavy atom. The lowest BCUT2D eigenvalue weighted by molar-refractivity contribution is 0.102. The summed E-state index contributed by atoms with van der Waals surface area (Å²) < 4.78 is 21.4. The third kappa shape index (κ3) is 4.52. The molecule has 0 aliphatic rings. The summed E-state index contributed by atoms with van der Waals surface area (Å²) in [6.07, 6.45) is 0.879. The number of hydrogen-bond acceptors (Lipinski definition) is 5. The van der Waals surface area contributed by atoms with Gasteiger partial charge >= 0.3 is 0 Å². The first-order valence-electron chi connectivity index (χ1n) is 8.07. The van der Waals surface area contributed by atoms with Crippen molar-refractivity contribution < 1.29 is 23.7 Å². The number of anilines is 1. The van der Waals surface area contributed by atoms with E-state index in [2.05, 4.69) is 5.32 Å². The molecule has 0 atom stereocenters. The molecule has 0 radical (unpaired) electrons. The number of halogens is 1. The average molecular weight is 380 g/mol. The summed E-state index contributed by atoms with van der Waals surface area (Å²) in [7, 11) is 4.53. The molecule has 1 amide bonds.